The van der Waals surface area contributed by atoms with Crippen LogP contribution in [-0.2, 0) is 4.79 Å². The van der Waals surface area contributed by atoms with Crippen LogP contribution in [0, 0.1) is 0 Å². The highest BCUT2D eigenvalue weighted by Gasteiger charge is 2.18. The molecule has 2 N–H and O–H groups in total. The van der Waals surface area contributed by atoms with Crippen LogP contribution in [-0.4, -0.2) is 43.1 Å². The molecule has 5 aromatic rings. The second-order valence-corrected chi connectivity index (χ2v) is 11.1. The molecular weight excluding hydrogens is 644 g/mol. The first-order chi connectivity index (χ1) is 24.8. The van der Waals surface area contributed by atoms with Gasteiger partial charge >= 0.3 is 11.9 Å². The van der Waals surface area contributed by atoms with Gasteiger partial charge in [-0.15, -0.1) is 0 Å². The molecule has 2 amide bonds. The van der Waals surface area contributed by atoms with E-state index in [-0.39, 0.29) is 17.2 Å². The van der Waals surface area contributed by atoms with Crippen molar-refractivity contribution in [3.8, 4) is 11.5 Å². The Morgan fingerprint density at radius 1 is 0.627 bits per heavy atom. The van der Waals surface area contributed by atoms with Crippen molar-refractivity contribution in [1.29, 1.82) is 0 Å². The van der Waals surface area contributed by atoms with E-state index in [0.717, 1.165) is 18.8 Å². The average molecular weight is 681 g/mol. The molecule has 0 atom stereocenters. The van der Waals surface area contributed by atoms with Crippen molar-refractivity contribution in [1.82, 2.24) is 10.7 Å². The van der Waals surface area contributed by atoms with Gasteiger partial charge in [0.2, 0.25) is 0 Å². The van der Waals surface area contributed by atoms with Crippen molar-refractivity contribution in [3.05, 3.63) is 167 Å². The van der Waals surface area contributed by atoms with Crippen LogP contribution in [0.25, 0.3) is 6.08 Å². The first-order valence-electron chi connectivity index (χ1n) is 16.3. The van der Waals surface area contributed by atoms with Gasteiger partial charge < -0.3 is 19.7 Å². The summed E-state index contributed by atoms with van der Waals surface area (Å²) in [4.78, 5) is 54.4. The van der Waals surface area contributed by atoms with Gasteiger partial charge in [-0.05, 0) is 97.8 Å². The smallest absolute Gasteiger partial charge is 0.343 e. The summed E-state index contributed by atoms with van der Waals surface area (Å²) in [7, 11) is 0. The molecule has 0 heterocycles. The second kappa shape index (κ2) is 17.5. The Balaban J connectivity index is 1.37. The van der Waals surface area contributed by atoms with E-state index >= 15 is 0 Å². The Labute approximate surface area is 296 Å². The first-order valence-corrected chi connectivity index (χ1v) is 16.3. The number of hydrogen-bond donors (Lipinski definition) is 2. The minimum Gasteiger partial charge on any atom is -0.419 e. The van der Waals surface area contributed by atoms with Gasteiger partial charge in [-0.1, -0.05) is 66.7 Å². The number of ether oxygens (including phenoxy) is 2. The molecule has 0 aliphatic rings. The Hall–Kier alpha value is -6.81. The Morgan fingerprint density at radius 3 is 1.69 bits per heavy atom. The summed E-state index contributed by atoms with van der Waals surface area (Å²) in [6.45, 7) is 5.85. The molecule has 0 unspecified atom stereocenters. The molecule has 0 fully saturated rings. The molecule has 0 aromatic heterocycles. The number of rotatable bonds is 13. The molecule has 10 nitrogen and oxygen atoms in total. The number of esters is 2. The lowest BCUT2D eigenvalue weighted by Gasteiger charge is -2.21. The fourth-order valence-electron chi connectivity index (χ4n) is 4.94. The van der Waals surface area contributed by atoms with Crippen LogP contribution in [0.3, 0.4) is 0 Å². The maximum atomic E-state index is 13.4. The number of hydrazone groups is 1. The molecule has 0 aliphatic carbocycles. The van der Waals surface area contributed by atoms with Crippen molar-refractivity contribution < 1.29 is 28.7 Å². The van der Waals surface area contributed by atoms with Gasteiger partial charge in [-0.25, -0.2) is 15.0 Å². The van der Waals surface area contributed by atoms with Crippen LogP contribution in [0.2, 0.25) is 0 Å². The Bertz CT molecular complexity index is 2030. The zero-order chi connectivity index (χ0) is 36.0. The zero-order valence-electron chi connectivity index (χ0n) is 28.1. The zero-order valence-corrected chi connectivity index (χ0v) is 28.1. The van der Waals surface area contributed by atoms with E-state index in [0.29, 0.717) is 27.8 Å². The predicted molar refractivity (Wildman–Crippen MR) is 197 cm³/mol. The predicted octanol–water partition coefficient (Wildman–Crippen LogP) is 6.89. The summed E-state index contributed by atoms with van der Waals surface area (Å²) in [5.74, 6) is -2.47. The normalized spacial score (nSPS) is 11.1. The van der Waals surface area contributed by atoms with E-state index in [4.69, 9.17) is 9.47 Å². The molecule has 0 saturated carbocycles. The molecule has 0 aliphatic heterocycles. The van der Waals surface area contributed by atoms with E-state index < -0.39 is 23.8 Å². The maximum Gasteiger partial charge on any atom is 0.343 e. The van der Waals surface area contributed by atoms with Gasteiger partial charge in [-0.3, -0.25) is 9.59 Å². The van der Waals surface area contributed by atoms with Crippen LogP contribution >= 0.6 is 0 Å². The fraction of sp³-hybridized carbons (Fsp3) is 0.0976. The second-order valence-electron chi connectivity index (χ2n) is 11.1. The average Bonchev–Trinajstić information content (AvgIpc) is 3.17. The van der Waals surface area contributed by atoms with Gasteiger partial charge in [0.1, 0.15) is 5.70 Å². The third-order valence-corrected chi connectivity index (χ3v) is 7.63. The fourth-order valence-corrected chi connectivity index (χ4v) is 4.94. The Morgan fingerprint density at radius 2 is 1.14 bits per heavy atom. The third kappa shape index (κ3) is 9.86. The van der Waals surface area contributed by atoms with Crippen molar-refractivity contribution in [3.63, 3.8) is 0 Å². The number of nitrogens with one attached hydrogen (secondary N) is 2. The number of carbonyl (C=O) groups excluding carboxylic acids is 4. The number of hydrogen-bond acceptors (Lipinski definition) is 8. The highest BCUT2D eigenvalue weighted by molar-refractivity contribution is 6.05. The van der Waals surface area contributed by atoms with Gasteiger partial charge in [0.05, 0.1) is 17.3 Å². The van der Waals surface area contributed by atoms with Crippen LogP contribution in [0.5, 0.6) is 11.5 Å². The number of anilines is 1. The lowest BCUT2D eigenvalue weighted by atomic mass is 10.1. The summed E-state index contributed by atoms with van der Waals surface area (Å²) in [6, 6.07) is 37.4. The molecule has 51 heavy (non-hydrogen) atoms. The molecule has 10 heteroatoms. The van der Waals surface area contributed by atoms with Crippen LogP contribution in [0.4, 0.5) is 5.69 Å². The molecule has 0 radical (unpaired) electrons. The summed E-state index contributed by atoms with van der Waals surface area (Å²) in [5.41, 5.74) is 5.56. The minimum atomic E-state index is -0.674. The van der Waals surface area contributed by atoms with E-state index in [2.05, 4.69) is 34.6 Å². The summed E-state index contributed by atoms with van der Waals surface area (Å²) < 4.78 is 11.2. The van der Waals surface area contributed by atoms with E-state index in [1.54, 1.807) is 103 Å². The van der Waals surface area contributed by atoms with Gasteiger partial charge in [0.15, 0.2) is 11.5 Å². The summed E-state index contributed by atoms with van der Waals surface area (Å²) >= 11 is 0. The van der Waals surface area contributed by atoms with Crippen molar-refractivity contribution in [2.75, 3.05) is 18.0 Å². The number of amides is 2. The summed E-state index contributed by atoms with van der Waals surface area (Å²) in [5, 5.41) is 6.78. The van der Waals surface area contributed by atoms with E-state index in [9.17, 15) is 19.2 Å². The largest absolute Gasteiger partial charge is 0.419 e. The highest BCUT2D eigenvalue weighted by atomic mass is 16.6. The summed E-state index contributed by atoms with van der Waals surface area (Å²) in [6.07, 6.45) is 2.89. The van der Waals surface area contributed by atoms with Crippen LogP contribution < -0.4 is 25.1 Å². The molecule has 0 saturated heterocycles. The minimum absolute atomic E-state index is 0.00942. The molecule has 0 spiro atoms. The standard InChI is InChI=1S/C41H36N4O6/c1-3-45(4-2)34-23-20-29(21-24-34)26-35(43-38(46)31-14-8-5-9-15-31)39(47)44-42-28-30-22-25-36(50-40(48)32-16-10-6-11-17-32)37(27-30)51-41(49)33-18-12-7-13-19-33/h5-28H,3-4H2,1-2H3,(H,43,46)(H,44,47). The molecule has 5 rings (SSSR count). The number of benzene rings is 5. The van der Waals surface area contributed by atoms with Crippen molar-refractivity contribution in [2.45, 2.75) is 13.8 Å². The lowest BCUT2D eigenvalue weighted by molar-refractivity contribution is -0.117. The lowest BCUT2D eigenvalue weighted by Crippen LogP contribution is -2.32. The molecule has 0 bridgehead atoms. The molecule has 5 aromatic carbocycles. The highest BCUT2D eigenvalue weighted by Crippen LogP contribution is 2.30. The van der Waals surface area contributed by atoms with Crippen molar-refractivity contribution in [2.24, 2.45) is 5.10 Å². The monoisotopic (exact) mass is 680 g/mol. The van der Waals surface area contributed by atoms with Gasteiger partial charge in [0, 0.05) is 24.3 Å². The van der Waals surface area contributed by atoms with Crippen molar-refractivity contribution >= 4 is 41.7 Å². The third-order valence-electron chi connectivity index (χ3n) is 7.63. The quantitative estimate of drug-likeness (QED) is 0.0456. The van der Waals surface area contributed by atoms with E-state index in [1.807, 2.05) is 24.3 Å². The van der Waals surface area contributed by atoms with Gasteiger partial charge in [0.25, 0.3) is 11.8 Å². The molecule has 256 valence electrons. The number of carbonyl (C=O) groups is 4. The number of nitrogens with zero attached hydrogens (tertiary/aromatic N) is 2. The van der Waals surface area contributed by atoms with Gasteiger partial charge in [-0.2, -0.15) is 5.10 Å². The molecular formula is C41H36N4O6. The first kappa shape index (κ1) is 35.5. The van der Waals surface area contributed by atoms with E-state index in [1.165, 1.54) is 18.3 Å². The van der Waals surface area contributed by atoms with Crippen LogP contribution in [0.15, 0.2) is 144 Å². The maximum absolute atomic E-state index is 13.4. The SMILES string of the molecule is CCN(CC)c1ccc(C=C(NC(=O)c2ccccc2)C(=O)NN=Cc2ccc(OC(=O)c3ccccc3)c(OC(=O)c3ccccc3)c2)cc1. The topological polar surface area (TPSA) is 126 Å². The Kier molecular flexibility index (Phi) is 12.2. The van der Waals surface area contributed by atoms with Crippen LogP contribution in [0.1, 0.15) is 56.0 Å².